The molecule has 4 heterocycles. The normalized spacial score (nSPS) is 27.9. The Hall–Kier alpha value is -3.30. The first-order valence-electron chi connectivity index (χ1n) is 14.7. The van der Waals surface area contributed by atoms with Crippen LogP contribution in [0.3, 0.4) is 0 Å². The molecule has 0 aromatic heterocycles. The lowest BCUT2D eigenvalue weighted by atomic mass is 9.77. The number of nitrogens with one attached hydrogen (secondary N) is 2. The van der Waals surface area contributed by atoms with Crippen molar-refractivity contribution in [2.24, 2.45) is 11.8 Å². The molecule has 0 radical (unpaired) electrons. The van der Waals surface area contributed by atoms with Crippen molar-refractivity contribution in [1.82, 2.24) is 20.4 Å². The summed E-state index contributed by atoms with van der Waals surface area (Å²) in [6.07, 6.45) is 6.26. The minimum Gasteiger partial charge on any atom is -0.493 e. The molecule has 1 aromatic rings. The van der Waals surface area contributed by atoms with Gasteiger partial charge in [0.15, 0.2) is 11.5 Å². The lowest BCUT2D eigenvalue weighted by molar-refractivity contribution is -0.146. The van der Waals surface area contributed by atoms with Crippen molar-refractivity contribution in [3.8, 4) is 11.5 Å². The molecule has 5 rings (SSSR count). The number of hydrogen-bond donors (Lipinski definition) is 2. The second kappa shape index (κ2) is 12.5. The van der Waals surface area contributed by atoms with Crippen molar-refractivity contribution in [2.45, 2.75) is 76.3 Å². The Morgan fingerprint density at radius 2 is 1.75 bits per heavy atom. The van der Waals surface area contributed by atoms with Gasteiger partial charge in [-0.15, -0.1) is 0 Å². The summed E-state index contributed by atoms with van der Waals surface area (Å²) in [7, 11) is 3.25. The number of methoxy groups -OCH3 is 2. The molecule has 218 valence electrons. The summed E-state index contributed by atoms with van der Waals surface area (Å²) >= 11 is 0. The van der Waals surface area contributed by atoms with Crippen LogP contribution in [-0.2, 0) is 32.0 Å². The van der Waals surface area contributed by atoms with Gasteiger partial charge in [0.2, 0.25) is 23.6 Å². The number of nitrogens with zero attached hydrogens (tertiary/aromatic N) is 2. The number of aryl methyl sites for hydroxylation is 2. The first-order chi connectivity index (χ1) is 19.4. The predicted octanol–water partition coefficient (Wildman–Crippen LogP) is 1.82. The van der Waals surface area contributed by atoms with Crippen LogP contribution in [0.1, 0.15) is 62.5 Å². The number of amides is 4. The molecule has 0 saturated carbocycles. The number of rotatable bonds is 3. The maximum absolute atomic E-state index is 13.7. The molecule has 0 unspecified atom stereocenters. The first kappa shape index (κ1) is 28.2. The van der Waals surface area contributed by atoms with Crippen molar-refractivity contribution >= 4 is 23.6 Å². The number of likely N-dealkylation sites (tertiary alicyclic amines) is 1. The summed E-state index contributed by atoms with van der Waals surface area (Å²) in [5, 5.41) is 5.85. The lowest BCUT2D eigenvalue weighted by Gasteiger charge is -2.51. The first-order valence-corrected chi connectivity index (χ1v) is 14.7. The quantitative estimate of drug-likeness (QED) is 0.589. The van der Waals surface area contributed by atoms with E-state index in [0.29, 0.717) is 76.2 Å². The zero-order valence-electron chi connectivity index (χ0n) is 23.7. The van der Waals surface area contributed by atoms with Gasteiger partial charge < -0.3 is 29.9 Å². The van der Waals surface area contributed by atoms with E-state index in [-0.39, 0.29) is 41.5 Å². The van der Waals surface area contributed by atoms with Crippen molar-refractivity contribution in [3.63, 3.8) is 0 Å². The number of carbonyl (C=O) groups excluding carboxylic acids is 4. The third-order valence-electron chi connectivity index (χ3n) is 8.99. The molecular weight excluding hydrogens is 512 g/mol. The molecule has 4 aliphatic heterocycles. The van der Waals surface area contributed by atoms with E-state index in [4.69, 9.17) is 9.47 Å². The predicted molar refractivity (Wildman–Crippen MR) is 148 cm³/mol. The standard InChI is InChI=1S/C30H42N4O6/c1-39-25-15-19-8-11-28(37)34-17-20-14-22(18-33(16-20)30(38)23-9-10-27(36)32-23)24(34)6-3-7-26(35)31-12-4-5-21(13-19)29(25)40-2/h13,15,20,22-24H,3-12,14,16-18H2,1-2H3,(H,31,35)(H,32,36)/t20-,22-,23+,24-/m0/s1. The van der Waals surface area contributed by atoms with Crippen molar-refractivity contribution in [2.75, 3.05) is 40.4 Å². The van der Waals surface area contributed by atoms with Gasteiger partial charge in [0.25, 0.3) is 0 Å². The number of carbonyl (C=O) groups is 4. The van der Waals surface area contributed by atoms with E-state index in [1.807, 2.05) is 15.9 Å². The van der Waals surface area contributed by atoms with Crippen LogP contribution >= 0.6 is 0 Å². The fraction of sp³-hybridized carbons (Fsp3) is 0.667. The average Bonchev–Trinajstić information content (AvgIpc) is 3.39. The Bertz CT molecular complexity index is 1140. The van der Waals surface area contributed by atoms with Crippen molar-refractivity contribution in [3.05, 3.63) is 23.3 Å². The Morgan fingerprint density at radius 1 is 0.900 bits per heavy atom. The number of fused-ring (bicyclic) bond motifs is 6. The van der Waals surface area contributed by atoms with Crippen LogP contribution in [0.25, 0.3) is 0 Å². The monoisotopic (exact) mass is 554 g/mol. The highest BCUT2D eigenvalue weighted by Crippen LogP contribution is 2.37. The van der Waals surface area contributed by atoms with E-state index in [9.17, 15) is 19.2 Å². The summed E-state index contributed by atoms with van der Waals surface area (Å²) in [6, 6.07) is 3.60. The molecular formula is C30H42N4O6. The van der Waals surface area contributed by atoms with Gasteiger partial charge >= 0.3 is 0 Å². The SMILES string of the molecule is COc1cc2cc(c1OC)CCCNC(=O)CCC[C@H]1[C@H]3C[C@@H](CN(C(=O)[C@H]4CCC(=O)N4)C3)CN1C(=O)CC2. The van der Waals surface area contributed by atoms with E-state index in [0.717, 1.165) is 36.8 Å². The third-order valence-corrected chi connectivity index (χ3v) is 8.99. The maximum atomic E-state index is 13.7. The second-order valence-corrected chi connectivity index (χ2v) is 11.7. The van der Waals surface area contributed by atoms with Gasteiger partial charge in [-0.1, -0.05) is 6.07 Å². The molecule has 4 amide bonds. The molecule has 4 bridgehead atoms. The zero-order valence-corrected chi connectivity index (χ0v) is 23.7. The highest BCUT2D eigenvalue weighted by atomic mass is 16.5. The maximum Gasteiger partial charge on any atom is 0.245 e. The van der Waals surface area contributed by atoms with Crippen LogP contribution in [0.2, 0.25) is 0 Å². The van der Waals surface area contributed by atoms with E-state index >= 15 is 0 Å². The van der Waals surface area contributed by atoms with Crippen LogP contribution in [-0.4, -0.2) is 85.9 Å². The highest BCUT2D eigenvalue weighted by molar-refractivity contribution is 5.91. The number of piperidine rings is 2. The Balaban J connectivity index is 1.35. The minimum atomic E-state index is -0.434. The van der Waals surface area contributed by atoms with Crippen LogP contribution in [0.4, 0.5) is 0 Å². The van der Waals surface area contributed by atoms with E-state index < -0.39 is 6.04 Å². The molecule has 10 nitrogen and oxygen atoms in total. The van der Waals surface area contributed by atoms with E-state index in [1.54, 1.807) is 14.2 Å². The topological polar surface area (TPSA) is 117 Å². The summed E-state index contributed by atoms with van der Waals surface area (Å²) in [4.78, 5) is 55.2. The van der Waals surface area contributed by atoms with Gasteiger partial charge in [-0.3, -0.25) is 19.2 Å². The fourth-order valence-electron chi connectivity index (χ4n) is 7.10. The van der Waals surface area contributed by atoms with Gasteiger partial charge in [-0.05, 0) is 74.0 Å². The summed E-state index contributed by atoms with van der Waals surface area (Å²) < 4.78 is 11.2. The van der Waals surface area contributed by atoms with Gasteiger partial charge in [0.1, 0.15) is 6.04 Å². The van der Waals surface area contributed by atoms with Crippen LogP contribution in [0.5, 0.6) is 11.5 Å². The highest BCUT2D eigenvalue weighted by Gasteiger charge is 2.44. The molecule has 3 saturated heterocycles. The van der Waals surface area contributed by atoms with Gasteiger partial charge in [-0.2, -0.15) is 0 Å². The smallest absolute Gasteiger partial charge is 0.245 e. The van der Waals surface area contributed by atoms with Crippen molar-refractivity contribution < 1.29 is 28.7 Å². The van der Waals surface area contributed by atoms with Gasteiger partial charge in [0.05, 0.1) is 14.2 Å². The number of ether oxygens (including phenoxy) is 2. The molecule has 3 fully saturated rings. The average molecular weight is 555 g/mol. The molecule has 1 aromatic carbocycles. The molecule has 4 aliphatic rings. The number of benzene rings is 1. The minimum absolute atomic E-state index is 0.00262. The second-order valence-electron chi connectivity index (χ2n) is 11.7. The van der Waals surface area contributed by atoms with Crippen LogP contribution < -0.4 is 20.1 Å². The zero-order chi connectivity index (χ0) is 28.2. The fourth-order valence-corrected chi connectivity index (χ4v) is 7.10. The molecule has 4 atom stereocenters. The Kier molecular flexibility index (Phi) is 8.81. The molecule has 40 heavy (non-hydrogen) atoms. The summed E-state index contributed by atoms with van der Waals surface area (Å²) in [5.74, 6) is 1.80. The Labute approximate surface area is 236 Å². The van der Waals surface area contributed by atoms with Crippen molar-refractivity contribution in [1.29, 1.82) is 0 Å². The molecule has 0 aliphatic carbocycles. The van der Waals surface area contributed by atoms with Gasteiger partial charge in [0, 0.05) is 51.5 Å². The van der Waals surface area contributed by atoms with E-state index in [2.05, 4.69) is 16.7 Å². The lowest BCUT2D eigenvalue weighted by Crippen LogP contribution is -2.61. The van der Waals surface area contributed by atoms with E-state index in [1.165, 1.54) is 0 Å². The summed E-state index contributed by atoms with van der Waals surface area (Å²) in [5.41, 5.74) is 2.04. The van der Waals surface area contributed by atoms with Gasteiger partial charge in [-0.25, -0.2) is 0 Å². The van der Waals surface area contributed by atoms with Crippen LogP contribution in [0, 0.1) is 11.8 Å². The van der Waals surface area contributed by atoms with Crippen LogP contribution in [0.15, 0.2) is 12.1 Å². The molecule has 10 heteroatoms. The molecule has 2 N–H and O–H groups in total. The largest absolute Gasteiger partial charge is 0.493 e. The third kappa shape index (κ3) is 6.20. The Morgan fingerprint density at radius 3 is 2.50 bits per heavy atom. The number of hydrogen-bond acceptors (Lipinski definition) is 6. The molecule has 0 spiro atoms. The summed E-state index contributed by atoms with van der Waals surface area (Å²) in [6.45, 7) is 2.40.